The average molecular weight is 311 g/mol. The largest absolute Gasteiger partial charge is 0.300 e. The molecular formula is C21H42O. The lowest BCUT2D eigenvalue weighted by molar-refractivity contribution is -0.121. The predicted octanol–water partition coefficient (Wildman–Crippen LogP) is 7.47. The van der Waals surface area contributed by atoms with Gasteiger partial charge in [0.25, 0.3) is 0 Å². The molecule has 1 nitrogen and oxygen atoms in total. The third kappa shape index (κ3) is 14.6. The first-order chi connectivity index (χ1) is 10.7. The molecule has 0 aromatic rings. The number of hydrogen-bond acceptors (Lipinski definition) is 1. The molecule has 0 fully saturated rings. The molecule has 0 amide bonds. The highest BCUT2D eigenvalue weighted by Crippen LogP contribution is 2.19. The molecule has 0 aliphatic carbocycles. The Labute approximate surface area is 140 Å². The van der Waals surface area contributed by atoms with Crippen LogP contribution in [0.5, 0.6) is 0 Å². The number of ketones is 1. The summed E-state index contributed by atoms with van der Waals surface area (Å²) in [5, 5.41) is 0. The molecule has 0 saturated carbocycles. The van der Waals surface area contributed by atoms with Crippen LogP contribution in [-0.2, 0) is 4.79 Å². The lowest BCUT2D eigenvalue weighted by Gasteiger charge is -2.13. The maximum atomic E-state index is 11.7. The van der Waals surface area contributed by atoms with Crippen LogP contribution in [0.2, 0.25) is 0 Å². The summed E-state index contributed by atoms with van der Waals surface area (Å²) >= 11 is 0. The minimum Gasteiger partial charge on any atom is -0.300 e. The van der Waals surface area contributed by atoms with Gasteiger partial charge in [-0.1, -0.05) is 104 Å². The van der Waals surface area contributed by atoms with E-state index in [1.807, 2.05) is 0 Å². The van der Waals surface area contributed by atoms with Gasteiger partial charge >= 0.3 is 0 Å². The second-order valence-electron chi connectivity index (χ2n) is 7.13. The molecule has 0 heterocycles. The fourth-order valence-corrected chi connectivity index (χ4v) is 3.25. The molecular weight excluding hydrogens is 268 g/mol. The van der Waals surface area contributed by atoms with Gasteiger partial charge in [-0.25, -0.2) is 0 Å². The quantitative estimate of drug-likeness (QED) is 0.255. The van der Waals surface area contributed by atoms with Gasteiger partial charge in [0, 0.05) is 5.92 Å². The van der Waals surface area contributed by atoms with E-state index in [9.17, 15) is 4.79 Å². The first-order valence-electron chi connectivity index (χ1n) is 10.2. The fourth-order valence-electron chi connectivity index (χ4n) is 3.25. The zero-order valence-corrected chi connectivity index (χ0v) is 15.8. The first-order valence-corrected chi connectivity index (χ1v) is 10.2. The summed E-state index contributed by atoms with van der Waals surface area (Å²) in [5.74, 6) is 0.772. The van der Waals surface area contributed by atoms with E-state index in [1.54, 1.807) is 6.92 Å². The number of carbonyl (C=O) groups excluding carboxylic acids is 1. The van der Waals surface area contributed by atoms with E-state index < -0.39 is 0 Å². The van der Waals surface area contributed by atoms with E-state index in [0.717, 1.165) is 12.8 Å². The third-order valence-corrected chi connectivity index (χ3v) is 4.89. The lowest BCUT2D eigenvalue weighted by Crippen LogP contribution is -2.10. The van der Waals surface area contributed by atoms with Gasteiger partial charge < -0.3 is 0 Å². The zero-order chi connectivity index (χ0) is 16.5. The smallest absolute Gasteiger partial charge is 0.132 e. The van der Waals surface area contributed by atoms with Crippen molar-refractivity contribution in [2.75, 3.05) is 0 Å². The Balaban J connectivity index is 3.36. The molecule has 0 bridgehead atoms. The summed E-state index contributed by atoms with van der Waals surface area (Å²) < 4.78 is 0. The number of carbonyl (C=O) groups is 1. The summed E-state index contributed by atoms with van der Waals surface area (Å²) in [4.78, 5) is 11.7. The molecule has 0 aromatic carbocycles. The molecule has 0 saturated heterocycles. The maximum Gasteiger partial charge on any atom is 0.132 e. The monoisotopic (exact) mass is 310 g/mol. The van der Waals surface area contributed by atoms with Crippen LogP contribution < -0.4 is 0 Å². The Bertz CT molecular complexity index is 234. The van der Waals surface area contributed by atoms with E-state index in [2.05, 4.69) is 13.8 Å². The average Bonchev–Trinajstić information content (AvgIpc) is 2.50. The van der Waals surface area contributed by atoms with Crippen LogP contribution in [0, 0.1) is 5.92 Å². The van der Waals surface area contributed by atoms with Crippen molar-refractivity contribution in [3.63, 3.8) is 0 Å². The lowest BCUT2D eigenvalue weighted by atomic mass is 9.91. The van der Waals surface area contributed by atoms with Crippen molar-refractivity contribution in [1.29, 1.82) is 0 Å². The van der Waals surface area contributed by atoms with E-state index in [-0.39, 0.29) is 0 Å². The number of rotatable bonds is 17. The molecule has 1 atom stereocenters. The zero-order valence-electron chi connectivity index (χ0n) is 15.8. The van der Waals surface area contributed by atoms with Gasteiger partial charge in [0.05, 0.1) is 0 Å². The molecule has 132 valence electrons. The van der Waals surface area contributed by atoms with Crippen molar-refractivity contribution in [3.8, 4) is 0 Å². The highest BCUT2D eigenvalue weighted by Gasteiger charge is 2.12. The summed E-state index contributed by atoms with van der Waals surface area (Å²) in [5.41, 5.74) is 0. The molecule has 0 aliphatic heterocycles. The standard InChI is InChI=1S/C21H42O/c1-4-6-8-9-10-11-12-13-14-15-17-19-21(20(3)22)18-16-7-5-2/h21H,4-19H2,1-3H3. The summed E-state index contributed by atoms with van der Waals surface area (Å²) in [7, 11) is 0. The Kier molecular flexibility index (Phi) is 16.8. The van der Waals surface area contributed by atoms with Crippen molar-refractivity contribution in [3.05, 3.63) is 0 Å². The first kappa shape index (κ1) is 21.7. The van der Waals surface area contributed by atoms with Crippen LogP contribution in [0.1, 0.15) is 124 Å². The molecule has 0 aromatic heterocycles. The van der Waals surface area contributed by atoms with Gasteiger partial charge in [0.15, 0.2) is 0 Å². The molecule has 1 heteroatoms. The van der Waals surface area contributed by atoms with Gasteiger partial charge in [-0.15, -0.1) is 0 Å². The van der Waals surface area contributed by atoms with E-state index in [0.29, 0.717) is 11.7 Å². The van der Waals surface area contributed by atoms with Crippen LogP contribution in [-0.4, -0.2) is 5.78 Å². The third-order valence-electron chi connectivity index (χ3n) is 4.89. The number of unbranched alkanes of at least 4 members (excludes halogenated alkanes) is 12. The number of Topliss-reactive ketones (excluding diaryl/α,β-unsaturated/α-hetero) is 1. The van der Waals surface area contributed by atoms with Crippen molar-refractivity contribution in [1.82, 2.24) is 0 Å². The Morgan fingerprint density at radius 2 is 0.909 bits per heavy atom. The van der Waals surface area contributed by atoms with Gasteiger partial charge in [-0.2, -0.15) is 0 Å². The van der Waals surface area contributed by atoms with Crippen LogP contribution in [0.3, 0.4) is 0 Å². The van der Waals surface area contributed by atoms with Crippen molar-refractivity contribution < 1.29 is 4.79 Å². The topological polar surface area (TPSA) is 17.1 Å². The molecule has 0 rings (SSSR count). The molecule has 0 radical (unpaired) electrons. The van der Waals surface area contributed by atoms with Crippen molar-refractivity contribution in [2.45, 2.75) is 124 Å². The van der Waals surface area contributed by atoms with E-state index in [4.69, 9.17) is 0 Å². The predicted molar refractivity (Wildman–Crippen MR) is 99.4 cm³/mol. The second kappa shape index (κ2) is 17.0. The van der Waals surface area contributed by atoms with Crippen LogP contribution in [0.4, 0.5) is 0 Å². The van der Waals surface area contributed by atoms with Gasteiger partial charge in [-0.3, -0.25) is 4.79 Å². The summed E-state index contributed by atoms with van der Waals surface area (Å²) in [6, 6.07) is 0. The Morgan fingerprint density at radius 1 is 0.591 bits per heavy atom. The molecule has 22 heavy (non-hydrogen) atoms. The van der Waals surface area contributed by atoms with Crippen LogP contribution in [0.15, 0.2) is 0 Å². The SMILES string of the molecule is CCCCCCCCCCCCCC(CCCCC)C(C)=O. The maximum absolute atomic E-state index is 11.7. The van der Waals surface area contributed by atoms with Gasteiger partial charge in [-0.05, 0) is 19.8 Å². The summed E-state index contributed by atoms with van der Waals surface area (Å²) in [6.45, 7) is 6.29. The normalized spacial score (nSPS) is 12.5. The molecule has 0 spiro atoms. The summed E-state index contributed by atoms with van der Waals surface area (Å²) in [6.07, 6.45) is 21.3. The van der Waals surface area contributed by atoms with Crippen molar-refractivity contribution in [2.24, 2.45) is 5.92 Å². The number of hydrogen-bond donors (Lipinski definition) is 0. The fraction of sp³-hybridized carbons (Fsp3) is 0.952. The Hall–Kier alpha value is -0.330. The Morgan fingerprint density at radius 3 is 1.32 bits per heavy atom. The van der Waals surface area contributed by atoms with Gasteiger partial charge in [0.1, 0.15) is 5.78 Å². The molecule has 0 N–H and O–H groups in total. The molecule has 1 unspecified atom stereocenters. The van der Waals surface area contributed by atoms with E-state index >= 15 is 0 Å². The minimum atomic E-state index is 0.352. The van der Waals surface area contributed by atoms with Gasteiger partial charge in [0.2, 0.25) is 0 Å². The minimum absolute atomic E-state index is 0.352. The highest BCUT2D eigenvalue weighted by atomic mass is 16.1. The van der Waals surface area contributed by atoms with Crippen LogP contribution >= 0.6 is 0 Å². The highest BCUT2D eigenvalue weighted by molar-refractivity contribution is 5.78. The van der Waals surface area contributed by atoms with Crippen LogP contribution in [0.25, 0.3) is 0 Å². The molecule has 0 aliphatic rings. The van der Waals surface area contributed by atoms with E-state index in [1.165, 1.54) is 89.9 Å². The van der Waals surface area contributed by atoms with Crippen molar-refractivity contribution >= 4 is 5.78 Å². The second-order valence-corrected chi connectivity index (χ2v) is 7.13.